The first-order valence-corrected chi connectivity index (χ1v) is 9.76. The Balaban J connectivity index is 2.32. The van der Waals surface area contributed by atoms with E-state index in [1.54, 1.807) is 25.1 Å². The average molecular weight is 521 g/mol. The van der Waals surface area contributed by atoms with Gasteiger partial charge in [0.15, 0.2) is 0 Å². The second kappa shape index (κ2) is 10.0. The molecule has 0 saturated heterocycles. The molecule has 0 atom stereocenters. The number of nitro groups is 1. The molecule has 0 aliphatic heterocycles. The Hall–Kier alpha value is -2.96. The molecule has 0 aromatic heterocycles. The van der Waals surface area contributed by atoms with Crippen LogP contribution in [0.5, 0.6) is 5.75 Å². The van der Waals surface area contributed by atoms with Gasteiger partial charge in [-0.2, -0.15) is 5.26 Å². The molecule has 0 radical (unpaired) electrons. The number of ether oxygens (including phenoxy) is 1. The predicted molar refractivity (Wildman–Crippen MR) is 118 cm³/mol. The van der Waals surface area contributed by atoms with Gasteiger partial charge in [-0.05, 0) is 68.1 Å². The van der Waals surface area contributed by atoms with E-state index in [-0.39, 0.29) is 16.9 Å². The molecule has 2 aromatic rings. The lowest BCUT2D eigenvalue weighted by Gasteiger charge is -2.10. The summed E-state index contributed by atoms with van der Waals surface area (Å²) in [5.41, 5.74) is 1.17. The van der Waals surface area contributed by atoms with Crippen LogP contribution in [0, 0.1) is 28.4 Å². The number of nitriles is 1. The number of rotatable bonds is 7. The van der Waals surface area contributed by atoms with Crippen molar-refractivity contribution in [3.05, 3.63) is 78.7 Å². The molecular weight excluding hydrogens is 506 g/mol. The van der Waals surface area contributed by atoms with Gasteiger partial charge >= 0.3 is 0 Å². The van der Waals surface area contributed by atoms with Gasteiger partial charge in [0.1, 0.15) is 24.0 Å². The first kappa shape index (κ1) is 22.3. The van der Waals surface area contributed by atoms with Gasteiger partial charge in [-0.25, -0.2) is 0 Å². The van der Waals surface area contributed by atoms with Gasteiger partial charge in [-0.15, -0.1) is 0 Å². The summed E-state index contributed by atoms with van der Waals surface area (Å²) >= 11 is 6.79. The molecule has 0 aliphatic rings. The number of hydrogen-bond acceptors (Lipinski definition) is 5. The van der Waals surface area contributed by atoms with E-state index in [0.717, 1.165) is 0 Å². The first-order chi connectivity index (χ1) is 13.8. The molecular formula is C20H15Br2N3O4. The SMILES string of the molecule is C=CCOc1c(Br)cc(/C=C(\C#N)C(=O)Nc2cc([N+](=O)[O-])ccc2C)cc1Br. The Bertz CT molecular complexity index is 1040. The van der Waals surface area contributed by atoms with Crippen LogP contribution in [0.3, 0.4) is 0 Å². The van der Waals surface area contributed by atoms with Gasteiger partial charge in [-0.3, -0.25) is 14.9 Å². The second-order valence-electron chi connectivity index (χ2n) is 5.79. The quantitative estimate of drug-likeness (QED) is 0.170. The molecule has 0 heterocycles. The fraction of sp³-hybridized carbons (Fsp3) is 0.100. The molecule has 2 aromatic carbocycles. The number of non-ortho nitro benzene ring substituents is 1. The zero-order valence-electron chi connectivity index (χ0n) is 15.2. The summed E-state index contributed by atoms with van der Waals surface area (Å²) in [5, 5.41) is 22.9. The normalized spacial score (nSPS) is 10.8. The predicted octanol–water partition coefficient (Wildman–Crippen LogP) is 5.54. The van der Waals surface area contributed by atoms with E-state index in [0.29, 0.717) is 32.4 Å². The largest absolute Gasteiger partial charge is 0.487 e. The van der Waals surface area contributed by atoms with Crippen LogP contribution in [0.4, 0.5) is 11.4 Å². The van der Waals surface area contributed by atoms with Crippen molar-refractivity contribution in [2.75, 3.05) is 11.9 Å². The Kier molecular flexibility index (Phi) is 7.70. The minimum absolute atomic E-state index is 0.156. The molecule has 0 bridgehead atoms. The van der Waals surface area contributed by atoms with Crippen LogP contribution in [-0.2, 0) is 4.79 Å². The summed E-state index contributed by atoms with van der Waals surface area (Å²) < 4.78 is 6.80. The summed E-state index contributed by atoms with van der Waals surface area (Å²) in [5.74, 6) is -0.104. The Morgan fingerprint density at radius 3 is 2.55 bits per heavy atom. The van der Waals surface area contributed by atoms with Crippen LogP contribution >= 0.6 is 31.9 Å². The Labute approximate surface area is 184 Å². The maximum absolute atomic E-state index is 12.5. The van der Waals surface area contributed by atoms with E-state index in [9.17, 15) is 20.2 Å². The van der Waals surface area contributed by atoms with Crippen LogP contribution in [0.1, 0.15) is 11.1 Å². The Morgan fingerprint density at radius 1 is 1.34 bits per heavy atom. The van der Waals surface area contributed by atoms with Crippen molar-refractivity contribution in [2.45, 2.75) is 6.92 Å². The zero-order chi connectivity index (χ0) is 21.6. The number of aryl methyl sites for hydroxylation is 1. The van der Waals surface area contributed by atoms with Crippen LogP contribution in [0.15, 0.2) is 57.5 Å². The molecule has 0 unspecified atom stereocenters. The highest BCUT2D eigenvalue weighted by atomic mass is 79.9. The molecule has 9 heteroatoms. The lowest BCUT2D eigenvalue weighted by molar-refractivity contribution is -0.384. The standard InChI is InChI=1S/C20H15Br2N3O4/c1-3-6-29-19-16(21)8-13(9-17(19)22)7-14(11-23)20(26)24-18-10-15(25(27)28)5-4-12(18)2/h3-5,7-10H,1,6H2,2H3,(H,24,26)/b14-7+. The first-order valence-electron chi connectivity index (χ1n) is 8.17. The van der Waals surface area contributed by atoms with E-state index < -0.39 is 10.8 Å². The average Bonchev–Trinajstić information content (AvgIpc) is 2.66. The van der Waals surface area contributed by atoms with Crippen molar-refractivity contribution in [1.29, 1.82) is 5.26 Å². The van der Waals surface area contributed by atoms with Crippen molar-refractivity contribution in [3.8, 4) is 11.8 Å². The number of benzene rings is 2. The molecule has 0 saturated carbocycles. The third-order valence-electron chi connectivity index (χ3n) is 3.72. The zero-order valence-corrected chi connectivity index (χ0v) is 18.4. The van der Waals surface area contributed by atoms with Crippen molar-refractivity contribution >= 4 is 55.2 Å². The van der Waals surface area contributed by atoms with Gasteiger partial charge < -0.3 is 10.1 Å². The highest BCUT2D eigenvalue weighted by Crippen LogP contribution is 2.35. The number of nitrogens with one attached hydrogen (secondary N) is 1. The molecule has 29 heavy (non-hydrogen) atoms. The lowest BCUT2D eigenvalue weighted by Crippen LogP contribution is -2.14. The highest BCUT2D eigenvalue weighted by Gasteiger charge is 2.15. The highest BCUT2D eigenvalue weighted by molar-refractivity contribution is 9.11. The number of carbonyl (C=O) groups is 1. The summed E-state index contributed by atoms with van der Waals surface area (Å²) in [7, 11) is 0. The van der Waals surface area contributed by atoms with E-state index >= 15 is 0 Å². The van der Waals surface area contributed by atoms with Crippen LogP contribution in [0.25, 0.3) is 6.08 Å². The number of hydrogen-bond donors (Lipinski definition) is 1. The van der Waals surface area contributed by atoms with E-state index in [1.165, 1.54) is 24.3 Å². The van der Waals surface area contributed by atoms with Crippen LogP contribution in [0.2, 0.25) is 0 Å². The van der Waals surface area contributed by atoms with Gasteiger partial charge in [-0.1, -0.05) is 18.7 Å². The minimum atomic E-state index is -0.671. The summed E-state index contributed by atoms with van der Waals surface area (Å²) in [4.78, 5) is 22.9. The molecule has 2 rings (SSSR count). The fourth-order valence-corrected chi connectivity index (χ4v) is 3.76. The summed E-state index contributed by atoms with van der Waals surface area (Å²) in [6.45, 7) is 5.62. The summed E-state index contributed by atoms with van der Waals surface area (Å²) in [6.07, 6.45) is 3.02. The van der Waals surface area contributed by atoms with Gasteiger partial charge in [0.05, 0.1) is 19.6 Å². The monoisotopic (exact) mass is 519 g/mol. The van der Waals surface area contributed by atoms with Gasteiger partial charge in [0.2, 0.25) is 0 Å². The molecule has 1 amide bonds. The van der Waals surface area contributed by atoms with E-state index in [4.69, 9.17) is 4.74 Å². The third-order valence-corrected chi connectivity index (χ3v) is 4.90. The second-order valence-corrected chi connectivity index (χ2v) is 7.50. The van der Waals surface area contributed by atoms with Crippen molar-refractivity contribution in [1.82, 2.24) is 0 Å². The number of halogens is 2. The molecule has 0 aliphatic carbocycles. The maximum atomic E-state index is 12.5. The molecule has 0 spiro atoms. The van der Waals surface area contributed by atoms with Gasteiger partial charge in [0.25, 0.3) is 11.6 Å². The smallest absolute Gasteiger partial charge is 0.271 e. The number of nitrogens with zero attached hydrogens (tertiary/aromatic N) is 2. The van der Waals surface area contributed by atoms with Crippen molar-refractivity contribution in [2.24, 2.45) is 0 Å². The number of nitro benzene ring substituents is 1. The number of carbonyl (C=O) groups excluding carboxylic acids is 1. The van der Waals surface area contributed by atoms with Crippen molar-refractivity contribution in [3.63, 3.8) is 0 Å². The van der Waals surface area contributed by atoms with Crippen LogP contribution < -0.4 is 10.1 Å². The van der Waals surface area contributed by atoms with Crippen LogP contribution in [-0.4, -0.2) is 17.4 Å². The molecule has 0 fully saturated rings. The minimum Gasteiger partial charge on any atom is -0.487 e. The summed E-state index contributed by atoms with van der Waals surface area (Å²) in [6, 6.07) is 9.38. The fourth-order valence-electron chi connectivity index (χ4n) is 2.31. The maximum Gasteiger partial charge on any atom is 0.271 e. The Morgan fingerprint density at radius 2 is 2.00 bits per heavy atom. The topological polar surface area (TPSA) is 105 Å². The third kappa shape index (κ3) is 5.76. The molecule has 1 N–H and O–H groups in total. The lowest BCUT2D eigenvalue weighted by atomic mass is 10.1. The van der Waals surface area contributed by atoms with Crippen molar-refractivity contribution < 1.29 is 14.5 Å². The van der Waals surface area contributed by atoms with E-state index in [1.807, 2.05) is 6.07 Å². The number of anilines is 1. The molecule has 148 valence electrons. The van der Waals surface area contributed by atoms with Gasteiger partial charge in [0, 0.05) is 12.1 Å². The molecule has 7 nitrogen and oxygen atoms in total. The number of amides is 1. The van der Waals surface area contributed by atoms with E-state index in [2.05, 4.69) is 43.8 Å².